The summed E-state index contributed by atoms with van der Waals surface area (Å²) in [6.45, 7) is 2.04. The van der Waals surface area contributed by atoms with Crippen molar-refractivity contribution in [2.75, 3.05) is 0 Å². The second-order valence-corrected chi connectivity index (χ2v) is 4.61. The van der Waals surface area contributed by atoms with E-state index in [1.807, 2.05) is 19.2 Å². The third-order valence-corrected chi connectivity index (χ3v) is 3.49. The van der Waals surface area contributed by atoms with Gasteiger partial charge in [0.2, 0.25) is 0 Å². The summed E-state index contributed by atoms with van der Waals surface area (Å²) in [6.07, 6.45) is 7.71. The van der Waals surface area contributed by atoms with E-state index < -0.39 is 0 Å². The minimum absolute atomic E-state index is 0.152. The van der Waals surface area contributed by atoms with Crippen LogP contribution in [0.4, 0.5) is 0 Å². The third kappa shape index (κ3) is 1.43. The normalized spacial score (nSPS) is 17.6. The quantitative estimate of drug-likeness (QED) is 0.798. The number of fused-ring (bicyclic) bond motifs is 1. The molecule has 3 rings (SSSR count). The maximum absolute atomic E-state index is 12.3. The molecule has 0 saturated heterocycles. The van der Waals surface area contributed by atoms with E-state index in [-0.39, 0.29) is 11.7 Å². The second-order valence-electron chi connectivity index (χ2n) is 4.61. The number of aromatic nitrogens is 2. The fourth-order valence-electron chi connectivity index (χ4n) is 2.22. The van der Waals surface area contributed by atoms with Crippen molar-refractivity contribution in [1.29, 1.82) is 0 Å². The van der Waals surface area contributed by atoms with E-state index in [1.165, 1.54) is 12.8 Å². The van der Waals surface area contributed by atoms with Gasteiger partial charge in [-0.15, -0.1) is 0 Å². The molecule has 0 aromatic carbocycles. The van der Waals surface area contributed by atoms with E-state index in [0.29, 0.717) is 5.92 Å². The van der Waals surface area contributed by atoms with Gasteiger partial charge in [0, 0.05) is 41.0 Å². The summed E-state index contributed by atoms with van der Waals surface area (Å²) in [4.78, 5) is 19.5. The Morgan fingerprint density at radius 3 is 3.12 bits per heavy atom. The van der Waals surface area contributed by atoms with Crippen molar-refractivity contribution in [2.45, 2.75) is 19.8 Å². The van der Waals surface area contributed by atoms with Gasteiger partial charge in [0.25, 0.3) is 0 Å². The largest absolute Gasteiger partial charge is 0.360 e. The van der Waals surface area contributed by atoms with Gasteiger partial charge in [-0.25, -0.2) is 0 Å². The maximum atomic E-state index is 12.3. The van der Waals surface area contributed by atoms with Crippen molar-refractivity contribution in [1.82, 2.24) is 9.97 Å². The number of carbonyl (C=O) groups is 1. The summed E-state index contributed by atoms with van der Waals surface area (Å²) in [5.74, 6) is 1.01. The number of Topliss-reactive ketones (excluding diaryl/α,β-unsaturated/α-hetero) is 1. The summed E-state index contributed by atoms with van der Waals surface area (Å²) in [6, 6.07) is 1.90. The minimum atomic E-state index is 0.152. The van der Waals surface area contributed by atoms with Gasteiger partial charge in [-0.1, -0.05) is 6.92 Å². The van der Waals surface area contributed by atoms with Crippen molar-refractivity contribution in [3.63, 3.8) is 0 Å². The van der Waals surface area contributed by atoms with Gasteiger partial charge in [-0.05, 0) is 24.8 Å². The Morgan fingerprint density at radius 2 is 2.38 bits per heavy atom. The predicted octanol–water partition coefficient (Wildman–Crippen LogP) is 2.79. The standard InChI is InChI=1S/C13H14N2O/c1-8(9-2-3-9)13(16)11-7-15-12-4-5-14-6-10(11)12/h4-9,15H,2-3H2,1H3. The van der Waals surface area contributed by atoms with Crippen LogP contribution < -0.4 is 0 Å². The lowest BCUT2D eigenvalue weighted by atomic mass is 9.95. The fourth-order valence-corrected chi connectivity index (χ4v) is 2.22. The van der Waals surface area contributed by atoms with Crippen molar-refractivity contribution in [3.8, 4) is 0 Å². The molecule has 0 bridgehead atoms. The molecule has 1 atom stereocenters. The van der Waals surface area contributed by atoms with Crippen LogP contribution in [0.3, 0.4) is 0 Å². The van der Waals surface area contributed by atoms with Crippen molar-refractivity contribution >= 4 is 16.7 Å². The van der Waals surface area contributed by atoms with E-state index in [0.717, 1.165) is 16.5 Å². The molecule has 2 aromatic heterocycles. The highest BCUT2D eigenvalue weighted by Gasteiger charge is 2.33. The molecular formula is C13H14N2O. The van der Waals surface area contributed by atoms with E-state index in [9.17, 15) is 4.79 Å². The van der Waals surface area contributed by atoms with Gasteiger partial charge in [0.05, 0.1) is 0 Å². The van der Waals surface area contributed by atoms with Crippen LogP contribution in [0.25, 0.3) is 10.9 Å². The Balaban J connectivity index is 2.01. The first-order chi connectivity index (χ1) is 7.77. The molecular weight excluding hydrogens is 200 g/mol. The van der Waals surface area contributed by atoms with Crippen LogP contribution in [0.1, 0.15) is 30.1 Å². The molecule has 0 amide bonds. The molecule has 1 aliphatic rings. The monoisotopic (exact) mass is 214 g/mol. The first kappa shape index (κ1) is 9.58. The number of pyridine rings is 1. The number of hydrogen-bond donors (Lipinski definition) is 1. The zero-order valence-corrected chi connectivity index (χ0v) is 9.23. The Morgan fingerprint density at radius 1 is 1.56 bits per heavy atom. The van der Waals surface area contributed by atoms with Crippen LogP contribution in [-0.4, -0.2) is 15.8 Å². The maximum Gasteiger partial charge on any atom is 0.168 e. The first-order valence-electron chi connectivity index (χ1n) is 5.72. The summed E-state index contributed by atoms with van der Waals surface area (Å²) in [7, 11) is 0. The number of H-pyrrole nitrogens is 1. The Kier molecular flexibility index (Phi) is 2.06. The van der Waals surface area contributed by atoms with Gasteiger partial charge < -0.3 is 4.98 Å². The highest BCUT2D eigenvalue weighted by molar-refractivity contribution is 6.08. The molecule has 1 N–H and O–H groups in total. The van der Waals surface area contributed by atoms with Crippen molar-refractivity contribution < 1.29 is 4.79 Å². The number of ketones is 1. The highest BCUT2D eigenvalue weighted by Crippen LogP contribution is 2.38. The van der Waals surface area contributed by atoms with Crippen LogP contribution in [0.5, 0.6) is 0 Å². The molecule has 1 unspecified atom stereocenters. The number of rotatable bonds is 3. The summed E-state index contributed by atoms with van der Waals surface area (Å²) in [5, 5.41) is 0.944. The minimum Gasteiger partial charge on any atom is -0.360 e. The van der Waals surface area contributed by atoms with E-state index in [4.69, 9.17) is 0 Å². The molecule has 1 fully saturated rings. The van der Waals surface area contributed by atoms with Gasteiger partial charge in [-0.2, -0.15) is 0 Å². The van der Waals surface area contributed by atoms with Crippen molar-refractivity contribution in [3.05, 3.63) is 30.2 Å². The third-order valence-electron chi connectivity index (χ3n) is 3.49. The van der Waals surface area contributed by atoms with Crippen LogP contribution in [0.15, 0.2) is 24.7 Å². The second kappa shape index (κ2) is 3.44. The van der Waals surface area contributed by atoms with Gasteiger partial charge >= 0.3 is 0 Å². The number of carbonyl (C=O) groups excluding carboxylic acids is 1. The zero-order chi connectivity index (χ0) is 11.1. The zero-order valence-electron chi connectivity index (χ0n) is 9.23. The SMILES string of the molecule is CC(C(=O)c1c[nH]c2ccncc12)C1CC1. The van der Waals surface area contributed by atoms with E-state index in [1.54, 1.807) is 12.4 Å². The molecule has 0 aliphatic heterocycles. The predicted molar refractivity (Wildman–Crippen MR) is 62.3 cm³/mol. The molecule has 1 aliphatic carbocycles. The number of nitrogens with zero attached hydrogens (tertiary/aromatic N) is 1. The van der Waals surface area contributed by atoms with E-state index in [2.05, 4.69) is 9.97 Å². The summed E-state index contributed by atoms with van der Waals surface area (Å²) in [5.41, 5.74) is 1.78. The topological polar surface area (TPSA) is 45.8 Å². The van der Waals surface area contributed by atoms with Crippen LogP contribution >= 0.6 is 0 Å². The molecule has 3 heteroatoms. The van der Waals surface area contributed by atoms with Crippen LogP contribution in [0, 0.1) is 11.8 Å². The van der Waals surface area contributed by atoms with Crippen molar-refractivity contribution in [2.24, 2.45) is 11.8 Å². The Hall–Kier alpha value is -1.64. The molecule has 2 heterocycles. The molecule has 0 spiro atoms. The summed E-state index contributed by atoms with van der Waals surface area (Å²) < 4.78 is 0. The van der Waals surface area contributed by atoms with Gasteiger partial charge in [0.1, 0.15) is 0 Å². The lowest BCUT2D eigenvalue weighted by Gasteiger charge is -2.07. The highest BCUT2D eigenvalue weighted by atomic mass is 16.1. The first-order valence-corrected chi connectivity index (χ1v) is 5.72. The summed E-state index contributed by atoms with van der Waals surface area (Å²) >= 11 is 0. The van der Waals surface area contributed by atoms with E-state index >= 15 is 0 Å². The van der Waals surface area contributed by atoms with Gasteiger partial charge in [0.15, 0.2) is 5.78 Å². The molecule has 2 aromatic rings. The fraction of sp³-hybridized carbons (Fsp3) is 0.385. The molecule has 3 nitrogen and oxygen atoms in total. The Labute approximate surface area is 93.9 Å². The molecule has 82 valence electrons. The molecule has 1 saturated carbocycles. The number of nitrogens with one attached hydrogen (secondary N) is 1. The number of aromatic amines is 1. The molecule has 16 heavy (non-hydrogen) atoms. The van der Waals surface area contributed by atoms with Gasteiger partial charge in [-0.3, -0.25) is 9.78 Å². The average molecular weight is 214 g/mol. The average Bonchev–Trinajstić information content (AvgIpc) is 3.07. The lowest BCUT2D eigenvalue weighted by molar-refractivity contribution is 0.0918. The molecule has 0 radical (unpaired) electrons. The number of hydrogen-bond acceptors (Lipinski definition) is 2. The smallest absolute Gasteiger partial charge is 0.168 e. The lowest BCUT2D eigenvalue weighted by Crippen LogP contribution is -2.12. The van der Waals surface area contributed by atoms with Crippen LogP contribution in [0.2, 0.25) is 0 Å². The van der Waals surface area contributed by atoms with Crippen LogP contribution in [-0.2, 0) is 0 Å². The Bertz CT molecular complexity index is 540.